The maximum Gasteiger partial charge on any atom is 0.262 e. The first-order valence-corrected chi connectivity index (χ1v) is 8.77. The fourth-order valence-electron chi connectivity index (χ4n) is 3.09. The van der Waals surface area contributed by atoms with Crippen molar-refractivity contribution in [1.29, 1.82) is 5.26 Å². The van der Waals surface area contributed by atoms with Gasteiger partial charge in [0.2, 0.25) is 0 Å². The highest BCUT2D eigenvalue weighted by molar-refractivity contribution is 5.77. The Labute approximate surface area is 153 Å². The van der Waals surface area contributed by atoms with Crippen LogP contribution >= 0.6 is 0 Å². The van der Waals surface area contributed by atoms with Crippen LogP contribution in [0.1, 0.15) is 17.8 Å². The lowest BCUT2D eigenvalue weighted by atomic mass is 10.1. The molecule has 1 aromatic heterocycles. The molecular formula is C21H22N4O. The number of fused-ring (bicyclic) bond motifs is 1. The molecule has 0 radical (unpaired) electrons. The van der Waals surface area contributed by atoms with E-state index in [0.29, 0.717) is 23.3 Å². The molecule has 0 aliphatic rings. The van der Waals surface area contributed by atoms with Crippen LogP contribution in [0.2, 0.25) is 0 Å². The Morgan fingerprint density at radius 3 is 2.62 bits per heavy atom. The molecule has 1 heterocycles. The highest BCUT2D eigenvalue weighted by atomic mass is 16.1. The van der Waals surface area contributed by atoms with E-state index in [9.17, 15) is 4.79 Å². The third kappa shape index (κ3) is 4.16. The van der Waals surface area contributed by atoms with Crippen LogP contribution in [0.3, 0.4) is 0 Å². The highest BCUT2D eigenvalue weighted by Crippen LogP contribution is 2.10. The summed E-state index contributed by atoms with van der Waals surface area (Å²) >= 11 is 0. The summed E-state index contributed by atoms with van der Waals surface area (Å²) in [5.74, 6) is 0.637. The van der Waals surface area contributed by atoms with Crippen molar-refractivity contribution in [3.63, 3.8) is 0 Å². The van der Waals surface area contributed by atoms with Crippen LogP contribution in [-0.2, 0) is 19.5 Å². The van der Waals surface area contributed by atoms with E-state index in [1.807, 2.05) is 31.3 Å². The zero-order chi connectivity index (χ0) is 18.4. The first-order valence-electron chi connectivity index (χ1n) is 8.77. The summed E-state index contributed by atoms with van der Waals surface area (Å²) in [5, 5.41) is 9.65. The van der Waals surface area contributed by atoms with Gasteiger partial charge < -0.3 is 0 Å². The van der Waals surface area contributed by atoms with Gasteiger partial charge in [0.15, 0.2) is 0 Å². The molecule has 0 bridgehead atoms. The van der Waals surface area contributed by atoms with Gasteiger partial charge in [-0.1, -0.05) is 42.5 Å². The predicted octanol–water partition coefficient (Wildman–Crippen LogP) is 2.98. The summed E-state index contributed by atoms with van der Waals surface area (Å²) in [6, 6.07) is 19.8. The molecule has 0 spiro atoms. The van der Waals surface area contributed by atoms with Crippen molar-refractivity contribution in [2.24, 2.45) is 0 Å². The van der Waals surface area contributed by atoms with Gasteiger partial charge in [0.25, 0.3) is 5.56 Å². The molecule has 5 heteroatoms. The zero-order valence-corrected chi connectivity index (χ0v) is 14.9. The summed E-state index contributed by atoms with van der Waals surface area (Å²) in [5.41, 5.74) is 1.86. The second kappa shape index (κ2) is 8.41. The van der Waals surface area contributed by atoms with Crippen molar-refractivity contribution >= 4 is 10.9 Å². The van der Waals surface area contributed by atoms with Gasteiger partial charge in [-0.15, -0.1) is 0 Å². The fraction of sp³-hybridized carbons (Fsp3) is 0.286. The number of hydrogen-bond donors (Lipinski definition) is 0. The molecule has 3 aromatic rings. The first-order chi connectivity index (χ1) is 12.7. The van der Waals surface area contributed by atoms with Crippen LogP contribution < -0.4 is 5.56 Å². The molecule has 3 rings (SSSR count). The van der Waals surface area contributed by atoms with Crippen LogP contribution in [0.25, 0.3) is 10.9 Å². The molecular weight excluding hydrogens is 324 g/mol. The van der Waals surface area contributed by atoms with E-state index in [0.717, 1.165) is 19.4 Å². The molecule has 2 aromatic carbocycles. The summed E-state index contributed by atoms with van der Waals surface area (Å²) in [6.45, 7) is 1.45. The van der Waals surface area contributed by atoms with Crippen LogP contribution in [0.5, 0.6) is 0 Å². The monoisotopic (exact) mass is 346 g/mol. The molecule has 0 unspecified atom stereocenters. The predicted molar refractivity (Wildman–Crippen MR) is 103 cm³/mol. The van der Waals surface area contributed by atoms with Crippen molar-refractivity contribution in [3.05, 3.63) is 76.3 Å². The lowest BCUT2D eigenvalue weighted by Gasteiger charge is -2.18. The summed E-state index contributed by atoms with van der Waals surface area (Å²) in [6.07, 6.45) is 2.04. The van der Waals surface area contributed by atoms with Crippen molar-refractivity contribution < 1.29 is 0 Å². The van der Waals surface area contributed by atoms with E-state index in [1.54, 1.807) is 6.07 Å². The van der Waals surface area contributed by atoms with Gasteiger partial charge >= 0.3 is 0 Å². The molecule has 0 saturated carbocycles. The molecule has 26 heavy (non-hydrogen) atoms. The van der Waals surface area contributed by atoms with Crippen molar-refractivity contribution in [3.8, 4) is 6.07 Å². The Hall–Kier alpha value is -2.97. The van der Waals surface area contributed by atoms with Gasteiger partial charge in [-0.2, -0.15) is 5.26 Å². The normalized spacial score (nSPS) is 11.0. The van der Waals surface area contributed by atoms with Crippen LogP contribution in [-0.4, -0.2) is 28.0 Å². The molecule has 132 valence electrons. The Morgan fingerprint density at radius 1 is 1.12 bits per heavy atom. The second-order valence-corrected chi connectivity index (χ2v) is 6.42. The van der Waals surface area contributed by atoms with E-state index in [-0.39, 0.29) is 12.1 Å². The van der Waals surface area contributed by atoms with E-state index >= 15 is 0 Å². The van der Waals surface area contributed by atoms with Crippen molar-refractivity contribution in [2.45, 2.75) is 25.9 Å². The highest BCUT2D eigenvalue weighted by Gasteiger charge is 2.12. The van der Waals surface area contributed by atoms with Gasteiger partial charge in [-0.05, 0) is 44.1 Å². The third-order valence-electron chi connectivity index (χ3n) is 4.43. The Bertz CT molecular complexity index is 973. The molecule has 0 N–H and O–H groups in total. The number of aromatic nitrogens is 2. The average molecular weight is 346 g/mol. The summed E-state index contributed by atoms with van der Waals surface area (Å²) < 4.78 is 1.48. The largest absolute Gasteiger partial charge is 0.299 e. The van der Waals surface area contributed by atoms with E-state index in [2.05, 4.69) is 40.2 Å². The van der Waals surface area contributed by atoms with Gasteiger partial charge in [0.1, 0.15) is 12.4 Å². The molecule has 0 saturated heterocycles. The minimum absolute atomic E-state index is 0.0177. The number of rotatable bonds is 7. The van der Waals surface area contributed by atoms with Gasteiger partial charge in [-0.25, -0.2) is 4.98 Å². The molecule has 0 aliphatic heterocycles. The van der Waals surface area contributed by atoms with Crippen LogP contribution in [0.4, 0.5) is 0 Å². The van der Waals surface area contributed by atoms with E-state index < -0.39 is 0 Å². The quantitative estimate of drug-likeness (QED) is 0.660. The topological polar surface area (TPSA) is 61.9 Å². The maximum atomic E-state index is 12.7. The third-order valence-corrected chi connectivity index (χ3v) is 4.43. The minimum atomic E-state index is -0.148. The Kier molecular flexibility index (Phi) is 5.77. The van der Waals surface area contributed by atoms with Crippen molar-refractivity contribution in [1.82, 2.24) is 14.5 Å². The minimum Gasteiger partial charge on any atom is -0.299 e. The smallest absolute Gasteiger partial charge is 0.262 e. The number of nitriles is 1. The lowest BCUT2D eigenvalue weighted by molar-refractivity contribution is 0.308. The standard InChI is InChI=1S/C21H22N4O/c1-24(14-7-10-17-8-3-2-4-9-17)16-20-23-19-12-6-5-11-18(19)21(26)25(20)15-13-22/h2-6,8-9,11-12H,7,10,14-16H2,1H3. The second-order valence-electron chi connectivity index (χ2n) is 6.42. The Balaban J connectivity index is 1.73. The summed E-state index contributed by atoms with van der Waals surface area (Å²) in [4.78, 5) is 19.5. The lowest BCUT2D eigenvalue weighted by Crippen LogP contribution is -2.30. The first kappa shape index (κ1) is 17.8. The van der Waals surface area contributed by atoms with Crippen LogP contribution in [0.15, 0.2) is 59.4 Å². The summed E-state index contributed by atoms with van der Waals surface area (Å²) in [7, 11) is 2.02. The molecule has 0 aliphatic carbocycles. The number of nitrogens with zero attached hydrogens (tertiary/aromatic N) is 4. The number of benzene rings is 2. The number of hydrogen-bond acceptors (Lipinski definition) is 4. The maximum absolute atomic E-state index is 12.7. The van der Waals surface area contributed by atoms with E-state index in [1.165, 1.54) is 10.1 Å². The Morgan fingerprint density at radius 2 is 1.85 bits per heavy atom. The van der Waals surface area contributed by atoms with Gasteiger partial charge in [0.05, 0.1) is 23.5 Å². The average Bonchev–Trinajstić information content (AvgIpc) is 2.66. The molecule has 5 nitrogen and oxygen atoms in total. The van der Waals surface area contributed by atoms with Gasteiger partial charge in [0, 0.05) is 0 Å². The van der Waals surface area contributed by atoms with Crippen LogP contribution in [0, 0.1) is 11.3 Å². The SMILES string of the molecule is CN(CCCc1ccccc1)Cc1nc2ccccc2c(=O)n1CC#N. The van der Waals surface area contributed by atoms with Crippen molar-refractivity contribution in [2.75, 3.05) is 13.6 Å². The van der Waals surface area contributed by atoms with E-state index in [4.69, 9.17) is 5.26 Å². The molecule has 0 atom stereocenters. The number of para-hydroxylation sites is 1. The molecule has 0 fully saturated rings. The van der Waals surface area contributed by atoms with Gasteiger partial charge in [-0.3, -0.25) is 14.3 Å². The number of aryl methyl sites for hydroxylation is 1. The fourth-order valence-corrected chi connectivity index (χ4v) is 3.09. The zero-order valence-electron chi connectivity index (χ0n) is 14.9. The molecule has 0 amide bonds.